The molecule has 1 aliphatic heterocycles. The fraction of sp³-hybridized carbons (Fsp3) is 0.600. The van der Waals surface area contributed by atoms with Gasteiger partial charge in [-0.05, 0) is 6.42 Å². The number of likely N-dealkylation sites (N-methyl/N-ethyl adjacent to an activating group) is 1. The van der Waals surface area contributed by atoms with Crippen molar-refractivity contribution in [3.63, 3.8) is 0 Å². The number of likely N-dealkylation sites (tertiary alicyclic amines) is 1. The predicted molar refractivity (Wildman–Crippen MR) is 59.6 cm³/mol. The van der Waals surface area contributed by atoms with Crippen LogP contribution < -0.4 is 10.6 Å². The topological polar surface area (TPSA) is 116 Å². The molecule has 4 amide bonds. The summed E-state index contributed by atoms with van der Waals surface area (Å²) in [6.07, 6.45) is 0.118. The Hall–Kier alpha value is -2.12. The summed E-state index contributed by atoms with van der Waals surface area (Å²) in [4.78, 5) is 45.8. The van der Waals surface area contributed by atoms with Gasteiger partial charge in [0.1, 0.15) is 12.1 Å². The van der Waals surface area contributed by atoms with Crippen LogP contribution in [0.1, 0.15) is 19.8 Å². The van der Waals surface area contributed by atoms with Crippen LogP contribution in [0.25, 0.3) is 0 Å². The van der Waals surface area contributed by atoms with Crippen LogP contribution in [-0.2, 0) is 14.4 Å². The lowest BCUT2D eigenvalue weighted by Crippen LogP contribution is -2.50. The molecule has 8 nitrogen and oxygen atoms in total. The van der Waals surface area contributed by atoms with Crippen molar-refractivity contribution in [2.24, 2.45) is 0 Å². The summed E-state index contributed by atoms with van der Waals surface area (Å²) in [5.41, 5.74) is 0. The number of hydrogen-bond donors (Lipinski definition) is 3. The Balaban J connectivity index is 2.53. The second kappa shape index (κ2) is 5.48. The molecule has 3 N–H and O–H groups in total. The Morgan fingerprint density at radius 1 is 1.50 bits per heavy atom. The van der Waals surface area contributed by atoms with E-state index in [9.17, 15) is 19.2 Å². The summed E-state index contributed by atoms with van der Waals surface area (Å²) < 4.78 is 0. The second-order valence-electron chi connectivity index (χ2n) is 3.96. The van der Waals surface area contributed by atoms with E-state index in [4.69, 9.17) is 5.11 Å². The Bertz CT molecular complexity index is 395. The standard InChI is InChI=1S/C10H15N3O5/c1-3-5(9(16)17)11-10(18)12-6-4-7(14)13(2)8(6)15/h5-6H,3-4H2,1-2H3,(H,16,17)(H2,11,12,18)/t5-,6?/m1/s1. The molecule has 1 aliphatic rings. The Labute approximate surface area is 103 Å². The van der Waals surface area contributed by atoms with E-state index in [0.29, 0.717) is 0 Å². The van der Waals surface area contributed by atoms with Gasteiger partial charge in [0.05, 0.1) is 6.42 Å². The van der Waals surface area contributed by atoms with Crippen molar-refractivity contribution in [3.8, 4) is 0 Å². The SMILES string of the molecule is CC[C@@H](NC(=O)NC1CC(=O)N(C)C1=O)C(=O)O. The Morgan fingerprint density at radius 3 is 2.50 bits per heavy atom. The largest absolute Gasteiger partial charge is 0.480 e. The fourth-order valence-corrected chi connectivity index (χ4v) is 1.56. The summed E-state index contributed by atoms with van der Waals surface area (Å²) in [7, 11) is 1.33. The van der Waals surface area contributed by atoms with Crippen molar-refractivity contribution in [1.82, 2.24) is 15.5 Å². The molecule has 0 radical (unpaired) electrons. The first-order valence-corrected chi connectivity index (χ1v) is 5.47. The first kappa shape index (κ1) is 13.9. The van der Waals surface area contributed by atoms with Gasteiger partial charge in [-0.3, -0.25) is 14.5 Å². The summed E-state index contributed by atoms with van der Waals surface area (Å²) in [6, 6.07) is -2.71. The molecule has 8 heteroatoms. The number of hydrogen-bond acceptors (Lipinski definition) is 4. The van der Waals surface area contributed by atoms with E-state index in [1.165, 1.54) is 7.05 Å². The third-order valence-corrected chi connectivity index (χ3v) is 2.70. The van der Waals surface area contributed by atoms with Gasteiger partial charge in [-0.2, -0.15) is 0 Å². The number of urea groups is 1. The lowest BCUT2D eigenvalue weighted by atomic mass is 10.2. The third kappa shape index (κ3) is 2.96. The number of rotatable bonds is 4. The lowest BCUT2D eigenvalue weighted by molar-refractivity contribution is -0.139. The number of carboxylic acids is 1. The van der Waals surface area contributed by atoms with E-state index in [0.717, 1.165) is 4.90 Å². The minimum absolute atomic E-state index is 0.105. The molecule has 1 rings (SSSR count). The number of carbonyl (C=O) groups excluding carboxylic acids is 3. The van der Waals surface area contributed by atoms with E-state index in [1.54, 1.807) is 6.92 Å². The van der Waals surface area contributed by atoms with Gasteiger partial charge in [-0.1, -0.05) is 6.92 Å². The van der Waals surface area contributed by atoms with Crippen LogP contribution in [-0.4, -0.2) is 53.0 Å². The van der Waals surface area contributed by atoms with Crippen LogP contribution in [0.15, 0.2) is 0 Å². The van der Waals surface area contributed by atoms with Gasteiger partial charge < -0.3 is 15.7 Å². The average molecular weight is 257 g/mol. The molecule has 100 valence electrons. The number of nitrogens with zero attached hydrogens (tertiary/aromatic N) is 1. The first-order chi connectivity index (χ1) is 8.36. The van der Waals surface area contributed by atoms with Crippen molar-refractivity contribution in [2.75, 3.05) is 7.05 Å². The van der Waals surface area contributed by atoms with Crippen LogP contribution in [0.5, 0.6) is 0 Å². The molecule has 0 aromatic heterocycles. The molecule has 0 aliphatic carbocycles. The Kier molecular flexibility index (Phi) is 4.24. The fourth-order valence-electron chi connectivity index (χ4n) is 1.56. The zero-order chi connectivity index (χ0) is 13.9. The number of carbonyl (C=O) groups is 4. The third-order valence-electron chi connectivity index (χ3n) is 2.70. The zero-order valence-electron chi connectivity index (χ0n) is 10.1. The molecule has 1 heterocycles. The molecular weight excluding hydrogens is 242 g/mol. The van der Waals surface area contributed by atoms with Gasteiger partial charge in [-0.25, -0.2) is 9.59 Å². The van der Waals surface area contributed by atoms with Gasteiger partial charge in [0.25, 0.3) is 5.91 Å². The summed E-state index contributed by atoms with van der Waals surface area (Å²) in [6.45, 7) is 1.61. The van der Waals surface area contributed by atoms with Gasteiger partial charge in [0.2, 0.25) is 5.91 Å². The number of carboxylic acid groups (broad SMARTS) is 1. The smallest absolute Gasteiger partial charge is 0.326 e. The molecule has 1 unspecified atom stereocenters. The summed E-state index contributed by atoms with van der Waals surface area (Å²) in [5.74, 6) is -2.03. The van der Waals surface area contributed by atoms with Gasteiger partial charge in [-0.15, -0.1) is 0 Å². The van der Waals surface area contributed by atoms with Crippen molar-refractivity contribution < 1.29 is 24.3 Å². The molecule has 1 fully saturated rings. The summed E-state index contributed by atoms with van der Waals surface area (Å²) in [5, 5.41) is 13.2. The number of aliphatic carboxylic acids is 1. The summed E-state index contributed by atoms with van der Waals surface area (Å²) >= 11 is 0. The van der Waals surface area contributed by atoms with E-state index in [-0.39, 0.29) is 18.7 Å². The number of nitrogens with one attached hydrogen (secondary N) is 2. The quantitative estimate of drug-likeness (QED) is 0.553. The highest BCUT2D eigenvalue weighted by Crippen LogP contribution is 2.10. The Morgan fingerprint density at radius 2 is 2.11 bits per heavy atom. The van der Waals surface area contributed by atoms with Gasteiger partial charge in [0, 0.05) is 7.05 Å². The van der Waals surface area contributed by atoms with Gasteiger partial charge in [0.15, 0.2) is 0 Å². The lowest BCUT2D eigenvalue weighted by Gasteiger charge is -2.15. The average Bonchev–Trinajstić information content (AvgIpc) is 2.53. The number of amides is 4. The van der Waals surface area contributed by atoms with Crippen molar-refractivity contribution >= 4 is 23.8 Å². The minimum atomic E-state index is -1.15. The van der Waals surface area contributed by atoms with Crippen LogP contribution >= 0.6 is 0 Å². The van der Waals surface area contributed by atoms with Gasteiger partial charge >= 0.3 is 12.0 Å². The molecule has 0 aromatic carbocycles. The first-order valence-electron chi connectivity index (χ1n) is 5.47. The molecule has 0 saturated carbocycles. The van der Waals surface area contributed by atoms with Crippen molar-refractivity contribution in [3.05, 3.63) is 0 Å². The van der Waals surface area contributed by atoms with Crippen LogP contribution in [0, 0.1) is 0 Å². The van der Waals surface area contributed by atoms with Crippen LogP contribution in [0.2, 0.25) is 0 Å². The van der Waals surface area contributed by atoms with Crippen molar-refractivity contribution in [2.45, 2.75) is 31.8 Å². The molecule has 2 atom stereocenters. The molecular formula is C10H15N3O5. The van der Waals surface area contributed by atoms with E-state index >= 15 is 0 Å². The minimum Gasteiger partial charge on any atom is -0.480 e. The molecule has 1 saturated heterocycles. The monoisotopic (exact) mass is 257 g/mol. The normalized spacial score (nSPS) is 20.8. The molecule has 18 heavy (non-hydrogen) atoms. The highest BCUT2D eigenvalue weighted by Gasteiger charge is 2.37. The van der Waals surface area contributed by atoms with Crippen LogP contribution in [0.3, 0.4) is 0 Å². The van der Waals surface area contributed by atoms with Crippen molar-refractivity contribution in [1.29, 1.82) is 0 Å². The maximum Gasteiger partial charge on any atom is 0.326 e. The maximum atomic E-state index is 11.5. The van der Waals surface area contributed by atoms with E-state index < -0.39 is 30.0 Å². The highest BCUT2D eigenvalue weighted by molar-refractivity contribution is 6.06. The van der Waals surface area contributed by atoms with E-state index in [2.05, 4.69) is 10.6 Å². The van der Waals surface area contributed by atoms with E-state index in [1.807, 2.05) is 0 Å². The highest BCUT2D eigenvalue weighted by atomic mass is 16.4. The number of imide groups is 1. The zero-order valence-corrected chi connectivity index (χ0v) is 10.1. The molecule has 0 bridgehead atoms. The van der Waals surface area contributed by atoms with Crippen LogP contribution in [0.4, 0.5) is 4.79 Å². The molecule has 0 spiro atoms. The predicted octanol–water partition coefficient (Wildman–Crippen LogP) is -1.09. The second-order valence-corrected chi connectivity index (χ2v) is 3.96. The maximum absolute atomic E-state index is 11.5. The molecule has 0 aromatic rings.